The summed E-state index contributed by atoms with van der Waals surface area (Å²) in [6.07, 6.45) is -0.831. The van der Waals surface area contributed by atoms with E-state index in [4.69, 9.17) is 18.9 Å². The first-order chi connectivity index (χ1) is 16.0. The molecule has 0 saturated carbocycles. The number of hydrogen-bond donors (Lipinski definition) is 2. The molecule has 2 heterocycles. The van der Waals surface area contributed by atoms with Crippen LogP contribution in [0.2, 0.25) is 0 Å². The van der Waals surface area contributed by atoms with E-state index in [2.05, 4.69) is 4.90 Å². The third-order valence-electron chi connectivity index (χ3n) is 7.72. The number of aliphatic hydroxyl groups is 2. The number of aliphatic hydroxyl groups excluding tert-OH is 1. The number of piperidine rings is 1. The molecule has 9 nitrogen and oxygen atoms in total. The fraction of sp³-hybridized carbons (Fsp3) is 0.600. The van der Waals surface area contributed by atoms with Crippen molar-refractivity contribution >= 4 is 11.9 Å². The molecule has 3 aliphatic rings. The van der Waals surface area contributed by atoms with Crippen LogP contribution in [0.15, 0.2) is 24.0 Å². The third kappa shape index (κ3) is 3.40. The molecule has 0 bridgehead atoms. The second-order valence-electron chi connectivity index (χ2n) is 9.58. The Bertz CT molecular complexity index is 1040. The van der Waals surface area contributed by atoms with Crippen LogP contribution in [0.5, 0.6) is 11.5 Å². The van der Waals surface area contributed by atoms with Crippen molar-refractivity contribution in [1.29, 1.82) is 0 Å². The van der Waals surface area contributed by atoms with Crippen molar-refractivity contribution in [3.05, 3.63) is 35.1 Å². The van der Waals surface area contributed by atoms with Crippen LogP contribution < -0.4 is 9.47 Å². The van der Waals surface area contributed by atoms with Gasteiger partial charge in [-0.2, -0.15) is 0 Å². The van der Waals surface area contributed by atoms with Crippen LogP contribution in [-0.4, -0.2) is 77.7 Å². The molecule has 186 valence electrons. The lowest BCUT2D eigenvalue weighted by molar-refractivity contribution is -0.174. The highest BCUT2D eigenvalue weighted by atomic mass is 16.6. The van der Waals surface area contributed by atoms with Crippen molar-refractivity contribution in [2.24, 2.45) is 0 Å². The molecular weight excluding hydrogens is 442 g/mol. The van der Waals surface area contributed by atoms with Gasteiger partial charge in [-0.15, -0.1) is 0 Å². The van der Waals surface area contributed by atoms with Crippen molar-refractivity contribution in [2.75, 3.05) is 20.7 Å². The summed E-state index contributed by atoms with van der Waals surface area (Å²) in [5, 5.41) is 21.6. The SMILES string of the molecule is COc1ccc(C)c2c1O[C@H]1C(OC(=O)[C@H](C)OC(=O)[C@H](C)O)=CC[C@@]3(O)[C@@H](C)N(C)CC[C@]213. The van der Waals surface area contributed by atoms with Gasteiger partial charge in [0.1, 0.15) is 11.9 Å². The van der Waals surface area contributed by atoms with Crippen LogP contribution in [0, 0.1) is 6.92 Å². The first kappa shape index (κ1) is 24.5. The molecule has 2 aliphatic heterocycles. The van der Waals surface area contributed by atoms with E-state index in [0.717, 1.165) is 11.1 Å². The van der Waals surface area contributed by atoms with E-state index in [1.165, 1.54) is 13.8 Å². The number of methoxy groups -OCH3 is 1. The second-order valence-corrected chi connectivity index (χ2v) is 9.58. The summed E-state index contributed by atoms with van der Waals surface area (Å²) in [6.45, 7) is 7.32. The van der Waals surface area contributed by atoms with E-state index >= 15 is 0 Å². The Morgan fingerprint density at radius 1 is 1.26 bits per heavy atom. The minimum absolute atomic E-state index is 0.191. The molecule has 34 heavy (non-hydrogen) atoms. The summed E-state index contributed by atoms with van der Waals surface area (Å²) in [4.78, 5) is 26.6. The number of fused-ring (bicyclic) bond motifs is 1. The maximum Gasteiger partial charge on any atom is 0.352 e. The van der Waals surface area contributed by atoms with Crippen LogP contribution in [0.25, 0.3) is 0 Å². The summed E-state index contributed by atoms with van der Waals surface area (Å²) in [5.74, 6) is -0.348. The average molecular weight is 476 g/mol. The van der Waals surface area contributed by atoms with E-state index in [-0.39, 0.29) is 18.2 Å². The Kier molecular flexibility index (Phi) is 6.16. The number of aryl methyl sites for hydroxylation is 1. The Morgan fingerprint density at radius 2 is 1.97 bits per heavy atom. The van der Waals surface area contributed by atoms with Gasteiger partial charge in [-0.3, -0.25) is 0 Å². The predicted octanol–water partition coefficient (Wildman–Crippen LogP) is 1.60. The van der Waals surface area contributed by atoms with Gasteiger partial charge in [-0.1, -0.05) is 6.07 Å². The number of rotatable bonds is 5. The van der Waals surface area contributed by atoms with Crippen LogP contribution in [0.3, 0.4) is 0 Å². The summed E-state index contributed by atoms with van der Waals surface area (Å²) < 4.78 is 22.7. The minimum atomic E-state index is -1.36. The molecule has 6 atom stereocenters. The maximum atomic E-state index is 12.8. The van der Waals surface area contributed by atoms with E-state index in [9.17, 15) is 19.8 Å². The Hall–Kier alpha value is -2.62. The number of likely N-dealkylation sites (tertiary alicyclic amines) is 1. The lowest BCUT2D eigenvalue weighted by Crippen LogP contribution is -2.71. The van der Waals surface area contributed by atoms with Gasteiger partial charge in [0, 0.05) is 18.0 Å². The molecule has 1 aromatic carbocycles. The number of hydrogen-bond acceptors (Lipinski definition) is 9. The van der Waals surface area contributed by atoms with E-state index < -0.39 is 41.3 Å². The van der Waals surface area contributed by atoms with Crippen LogP contribution in [-0.2, 0) is 24.5 Å². The topological polar surface area (TPSA) is 115 Å². The molecule has 9 heteroatoms. The molecule has 1 spiro atoms. The van der Waals surface area contributed by atoms with Gasteiger partial charge in [0.2, 0.25) is 0 Å². The molecule has 1 aliphatic carbocycles. The van der Waals surface area contributed by atoms with Crippen molar-refractivity contribution in [1.82, 2.24) is 4.90 Å². The quantitative estimate of drug-likeness (QED) is 0.613. The van der Waals surface area contributed by atoms with Gasteiger partial charge >= 0.3 is 11.9 Å². The number of esters is 2. The zero-order chi connectivity index (χ0) is 25.0. The minimum Gasteiger partial charge on any atom is -0.493 e. The first-order valence-corrected chi connectivity index (χ1v) is 11.6. The van der Waals surface area contributed by atoms with E-state index in [0.29, 0.717) is 24.5 Å². The van der Waals surface area contributed by atoms with Gasteiger partial charge in [-0.25, -0.2) is 9.59 Å². The number of carbonyl (C=O) groups is 2. The van der Waals surface area contributed by atoms with E-state index in [1.54, 1.807) is 13.2 Å². The van der Waals surface area contributed by atoms with Gasteiger partial charge in [0.15, 0.2) is 23.7 Å². The number of ether oxygens (including phenoxy) is 4. The highest BCUT2D eigenvalue weighted by Crippen LogP contribution is 2.62. The number of nitrogens with zero attached hydrogens (tertiary/aromatic N) is 1. The van der Waals surface area contributed by atoms with Gasteiger partial charge in [0.25, 0.3) is 0 Å². The molecule has 1 fully saturated rings. The van der Waals surface area contributed by atoms with Crippen molar-refractivity contribution in [3.8, 4) is 11.5 Å². The highest BCUT2D eigenvalue weighted by molar-refractivity contribution is 5.81. The fourth-order valence-electron chi connectivity index (χ4n) is 5.68. The summed E-state index contributed by atoms with van der Waals surface area (Å²) in [7, 11) is 3.55. The number of benzene rings is 1. The van der Waals surface area contributed by atoms with E-state index in [1.807, 2.05) is 33.0 Å². The molecule has 2 N–H and O–H groups in total. The van der Waals surface area contributed by atoms with Crippen LogP contribution in [0.4, 0.5) is 0 Å². The largest absolute Gasteiger partial charge is 0.493 e. The molecule has 1 aromatic rings. The lowest BCUT2D eigenvalue weighted by Gasteiger charge is -2.58. The summed E-state index contributed by atoms with van der Waals surface area (Å²) in [6, 6.07) is 3.58. The summed E-state index contributed by atoms with van der Waals surface area (Å²) >= 11 is 0. The smallest absolute Gasteiger partial charge is 0.352 e. The Balaban J connectivity index is 1.76. The van der Waals surface area contributed by atoms with Crippen LogP contribution in [0.1, 0.15) is 44.7 Å². The molecule has 4 rings (SSSR count). The van der Waals surface area contributed by atoms with Gasteiger partial charge in [0.05, 0.1) is 18.1 Å². The third-order valence-corrected chi connectivity index (χ3v) is 7.72. The molecule has 0 unspecified atom stereocenters. The summed E-state index contributed by atoms with van der Waals surface area (Å²) in [5.41, 5.74) is -0.223. The first-order valence-electron chi connectivity index (χ1n) is 11.6. The Morgan fingerprint density at radius 3 is 2.62 bits per heavy atom. The number of likely N-dealkylation sites (N-methyl/N-ethyl adjacent to an activating group) is 1. The van der Waals surface area contributed by atoms with Gasteiger partial charge < -0.3 is 34.1 Å². The molecule has 1 saturated heterocycles. The highest BCUT2D eigenvalue weighted by Gasteiger charge is 2.69. The fourth-order valence-corrected chi connectivity index (χ4v) is 5.68. The van der Waals surface area contributed by atoms with Crippen molar-refractivity contribution in [2.45, 2.75) is 75.9 Å². The zero-order valence-corrected chi connectivity index (χ0v) is 20.5. The Labute approximate surface area is 199 Å². The maximum absolute atomic E-state index is 12.8. The lowest BCUT2D eigenvalue weighted by atomic mass is 9.54. The monoisotopic (exact) mass is 475 g/mol. The molecule has 0 amide bonds. The standard InChI is InChI=1S/C25H33NO8/c1-13-7-8-17(31-6)20-19(13)24-11-12-26(5)16(4)25(24,30)10-9-18(21(24)34-20)33-23(29)15(3)32-22(28)14(2)27/h7-9,14-16,21,27,30H,10-12H2,1-6H3/t14-,15-,16+,21-,24-,25+/m0/s1. The molecule has 0 aromatic heterocycles. The molecular formula is C25H33NO8. The van der Waals surface area contributed by atoms with Crippen molar-refractivity contribution in [3.63, 3.8) is 0 Å². The zero-order valence-electron chi connectivity index (χ0n) is 20.5. The number of carbonyl (C=O) groups excluding carboxylic acids is 2. The van der Waals surface area contributed by atoms with Gasteiger partial charge in [-0.05, 0) is 65.4 Å². The second kappa shape index (κ2) is 8.55. The average Bonchev–Trinajstić information content (AvgIpc) is 3.16. The normalized spacial score (nSPS) is 31.7. The van der Waals surface area contributed by atoms with Crippen LogP contribution >= 0.6 is 0 Å². The molecule has 0 radical (unpaired) electrons. The van der Waals surface area contributed by atoms with Crippen molar-refractivity contribution < 1.29 is 38.7 Å². The predicted molar refractivity (Wildman–Crippen MR) is 122 cm³/mol.